The molecule has 0 spiro atoms. The summed E-state index contributed by atoms with van der Waals surface area (Å²) in [5, 5.41) is 2.26. The molecule has 1 atom stereocenters. The quantitative estimate of drug-likeness (QED) is 0.793. The average Bonchev–Trinajstić information content (AvgIpc) is 3.02. The van der Waals surface area contributed by atoms with E-state index in [1.807, 2.05) is 11.8 Å². The Hall–Kier alpha value is -0.870. The van der Waals surface area contributed by atoms with Crippen molar-refractivity contribution in [1.82, 2.24) is 4.98 Å². The van der Waals surface area contributed by atoms with Gasteiger partial charge < -0.3 is 0 Å². The van der Waals surface area contributed by atoms with E-state index in [1.54, 1.807) is 11.3 Å². The SMILES string of the molecule is C[C@H]1CSC(c2nc3cc4c(cc3s2)CCC4)=N1. The van der Waals surface area contributed by atoms with E-state index in [1.165, 1.54) is 40.6 Å². The highest BCUT2D eigenvalue weighted by Crippen LogP contribution is 2.33. The highest BCUT2D eigenvalue weighted by molar-refractivity contribution is 8.15. The lowest BCUT2D eigenvalue weighted by molar-refractivity contribution is 0.865. The monoisotopic (exact) mass is 274 g/mol. The number of fused-ring (bicyclic) bond motifs is 2. The predicted octanol–water partition coefficient (Wildman–Crippen LogP) is 3.67. The molecular weight excluding hydrogens is 260 g/mol. The van der Waals surface area contributed by atoms with Crippen LogP contribution in [0.2, 0.25) is 0 Å². The molecule has 92 valence electrons. The third-order valence-corrected chi connectivity index (χ3v) is 5.96. The van der Waals surface area contributed by atoms with Crippen LogP contribution >= 0.6 is 23.1 Å². The number of aryl methyl sites for hydroxylation is 2. The van der Waals surface area contributed by atoms with E-state index in [4.69, 9.17) is 4.98 Å². The summed E-state index contributed by atoms with van der Waals surface area (Å²) >= 11 is 3.64. The molecular formula is C14H14N2S2. The van der Waals surface area contributed by atoms with Gasteiger partial charge in [-0.1, -0.05) is 0 Å². The van der Waals surface area contributed by atoms with Gasteiger partial charge in [-0.3, -0.25) is 4.99 Å². The second-order valence-corrected chi connectivity index (χ2v) is 7.09. The second-order valence-electron chi connectivity index (χ2n) is 5.06. The van der Waals surface area contributed by atoms with Gasteiger partial charge in [0.15, 0.2) is 0 Å². The van der Waals surface area contributed by atoms with E-state index in [-0.39, 0.29) is 0 Å². The van der Waals surface area contributed by atoms with Gasteiger partial charge in [0, 0.05) is 5.75 Å². The molecule has 1 aromatic heterocycles. The predicted molar refractivity (Wildman–Crippen MR) is 80.1 cm³/mol. The van der Waals surface area contributed by atoms with E-state index < -0.39 is 0 Å². The van der Waals surface area contributed by atoms with Crippen molar-refractivity contribution in [3.05, 3.63) is 28.3 Å². The molecule has 4 rings (SSSR count). The normalized spacial score (nSPS) is 22.5. The number of thiazole rings is 1. The van der Waals surface area contributed by atoms with Gasteiger partial charge in [0.2, 0.25) is 0 Å². The van der Waals surface area contributed by atoms with Crippen LogP contribution < -0.4 is 0 Å². The molecule has 0 unspecified atom stereocenters. The third kappa shape index (κ3) is 1.70. The third-order valence-electron chi connectivity index (χ3n) is 3.58. The van der Waals surface area contributed by atoms with Gasteiger partial charge in [-0.2, -0.15) is 0 Å². The van der Waals surface area contributed by atoms with Gasteiger partial charge in [0.1, 0.15) is 10.1 Å². The minimum atomic E-state index is 0.446. The molecule has 0 amide bonds. The van der Waals surface area contributed by atoms with Crippen molar-refractivity contribution in [1.29, 1.82) is 0 Å². The molecule has 4 heteroatoms. The highest BCUT2D eigenvalue weighted by Gasteiger charge is 2.20. The zero-order valence-corrected chi connectivity index (χ0v) is 11.9. The molecule has 1 aliphatic heterocycles. The molecule has 0 saturated carbocycles. The Morgan fingerprint density at radius 1 is 1.22 bits per heavy atom. The minimum Gasteiger partial charge on any atom is -0.271 e. The Morgan fingerprint density at radius 3 is 2.83 bits per heavy atom. The summed E-state index contributed by atoms with van der Waals surface area (Å²) in [5.74, 6) is 1.10. The summed E-state index contributed by atoms with van der Waals surface area (Å²) in [6.07, 6.45) is 3.77. The number of hydrogen-bond donors (Lipinski definition) is 0. The molecule has 2 aromatic rings. The molecule has 0 fully saturated rings. The molecule has 2 heterocycles. The van der Waals surface area contributed by atoms with Gasteiger partial charge in [0.05, 0.1) is 16.3 Å². The van der Waals surface area contributed by atoms with Gasteiger partial charge in [0.25, 0.3) is 0 Å². The van der Waals surface area contributed by atoms with Crippen LogP contribution in [0.15, 0.2) is 17.1 Å². The maximum Gasteiger partial charge on any atom is 0.149 e. The van der Waals surface area contributed by atoms with Crippen molar-refractivity contribution < 1.29 is 0 Å². The van der Waals surface area contributed by atoms with Crippen molar-refractivity contribution in [3.63, 3.8) is 0 Å². The molecule has 0 N–H and O–H groups in total. The first-order valence-electron chi connectivity index (χ1n) is 6.43. The van der Waals surface area contributed by atoms with Crippen LogP contribution in [0.5, 0.6) is 0 Å². The van der Waals surface area contributed by atoms with Gasteiger partial charge in [-0.25, -0.2) is 4.98 Å². The number of nitrogens with zero attached hydrogens (tertiary/aromatic N) is 2. The van der Waals surface area contributed by atoms with Gasteiger partial charge in [-0.15, -0.1) is 23.1 Å². The topological polar surface area (TPSA) is 25.2 Å². The Morgan fingerprint density at radius 2 is 2.06 bits per heavy atom. The first kappa shape index (κ1) is 11.0. The van der Waals surface area contributed by atoms with E-state index in [0.717, 1.165) is 15.8 Å². The van der Waals surface area contributed by atoms with E-state index >= 15 is 0 Å². The number of aromatic nitrogens is 1. The first-order chi connectivity index (χ1) is 8.79. The standard InChI is InChI=1S/C14H14N2S2/c1-8-7-17-13(15-8)14-16-11-5-9-3-2-4-10(9)6-12(11)18-14/h5-6,8H,2-4,7H2,1H3/t8-/m0/s1. The van der Waals surface area contributed by atoms with Crippen molar-refractivity contribution in [2.24, 2.45) is 4.99 Å². The molecule has 1 aliphatic carbocycles. The fourth-order valence-corrected chi connectivity index (χ4v) is 4.78. The number of benzene rings is 1. The summed E-state index contributed by atoms with van der Waals surface area (Å²) in [7, 11) is 0. The second kappa shape index (κ2) is 4.07. The van der Waals surface area contributed by atoms with Crippen molar-refractivity contribution in [3.8, 4) is 0 Å². The van der Waals surface area contributed by atoms with E-state index in [2.05, 4.69) is 24.0 Å². The van der Waals surface area contributed by atoms with Gasteiger partial charge >= 0.3 is 0 Å². The fourth-order valence-electron chi connectivity index (χ4n) is 2.68. The average molecular weight is 274 g/mol. The maximum absolute atomic E-state index is 4.77. The number of hydrogen-bond acceptors (Lipinski definition) is 4. The van der Waals surface area contributed by atoms with E-state index in [9.17, 15) is 0 Å². The van der Waals surface area contributed by atoms with Crippen molar-refractivity contribution >= 4 is 38.4 Å². The van der Waals surface area contributed by atoms with E-state index in [0.29, 0.717) is 6.04 Å². The number of aliphatic imine (C=N–C) groups is 1. The molecule has 0 bridgehead atoms. The smallest absolute Gasteiger partial charge is 0.149 e. The lowest BCUT2D eigenvalue weighted by Gasteiger charge is -1.96. The van der Waals surface area contributed by atoms with Crippen LogP contribution in [0.3, 0.4) is 0 Å². The minimum absolute atomic E-state index is 0.446. The maximum atomic E-state index is 4.77. The lowest BCUT2D eigenvalue weighted by Crippen LogP contribution is -1.93. The van der Waals surface area contributed by atoms with Crippen LogP contribution in [-0.2, 0) is 12.8 Å². The van der Waals surface area contributed by atoms with Crippen LogP contribution in [0, 0.1) is 0 Å². The van der Waals surface area contributed by atoms with Crippen molar-refractivity contribution in [2.75, 3.05) is 5.75 Å². The first-order valence-corrected chi connectivity index (χ1v) is 8.23. The number of rotatable bonds is 1. The fraction of sp³-hybridized carbons (Fsp3) is 0.429. The van der Waals surface area contributed by atoms with Crippen LogP contribution in [0.25, 0.3) is 10.2 Å². The Kier molecular flexibility index (Phi) is 2.49. The zero-order valence-electron chi connectivity index (χ0n) is 10.3. The number of thioether (sulfide) groups is 1. The Balaban J connectivity index is 1.83. The molecule has 2 nitrogen and oxygen atoms in total. The lowest BCUT2D eigenvalue weighted by atomic mass is 10.1. The van der Waals surface area contributed by atoms with Crippen LogP contribution in [0.1, 0.15) is 29.5 Å². The molecule has 2 aliphatic rings. The highest BCUT2D eigenvalue weighted by atomic mass is 32.2. The Bertz CT molecular complexity index is 616. The van der Waals surface area contributed by atoms with Crippen LogP contribution in [0.4, 0.5) is 0 Å². The summed E-state index contributed by atoms with van der Waals surface area (Å²) in [5.41, 5.74) is 4.21. The largest absolute Gasteiger partial charge is 0.271 e. The summed E-state index contributed by atoms with van der Waals surface area (Å²) in [6.45, 7) is 2.17. The summed E-state index contributed by atoms with van der Waals surface area (Å²) in [4.78, 5) is 9.43. The van der Waals surface area contributed by atoms with Gasteiger partial charge in [-0.05, 0) is 49.4 Å². The molecule has 0 radical (unpaired) electrons. The molecule has 1 aromatic carbocycles. The molecule has 18 heavy (non-hydrogen) atoms. The summed E-state index contributed by atoms with van der Waals surface area (Å²) in [6, 6.07) is 5.09. The zero-order chi connectivity index (χ0) is 12.1. The molecule has 0 saturated heterocycles. The van der Waals surface area contributed by atoms with Crippen LogP contribution in [-0.4, -0.2) is 21.8 Å². The summed E-state index contributed by atoms with van der Waals surface area (Å²) < 4.78 is 1.33. The van der Waals surface area contributed by atoms with Crippen molar-refractivity contribution in [2.45, 2.75) is 32.2 Å². The Labute approximate surface area is 115 Å².